The van der Waals surface area contributed by atoms with E-state index in [0.29, 0.717) is 22.9 Å². The molecule has 5 nitrogen and oxygen atoms in total. The smallest absolute Gasteiger partial charge is 0.347 e. The molecule has 0 heterocycles. The van der Waals surface area contributed by atoms with Crippen molar-refractivity contribution >= 4 is 23.5 Å². The number of hydrogen-bond acceptors (Lipinski definition) is 4. The molecule has 2 aromatic carbocycles. The molecule has 1 atom stereocenters. The molecule has 0 aromatic heterocycles. The first-order valence-electron chi connectivity index (χ1n) is 8.50. The van der Waals surface area contributed by atoms with Crippen LogP contribution in [0.3, 0.4) is 0 Å². The Bertz CT molecular complexity index is 799. The first-order chi connectivity index (χ1) is 12.9. The maximum atomic E-state index is 13.3. The van der Waals surface area contributed by atoms with Gasteiger partial charge in [0, 0.05) is 18.1 Å². The number of nitrogens with zero attached hydrogens (tertiary/aromatic N) is 1. The van der Waals surface area contributed by atoms with Crippen LogP contribution in [0, 0.1) is 5.82 Å². The van der Waals surface area contributed by atoms with Crippen LogP contribution in [-0.4, -0.2) is 36.0 Å². The zero-order chi connectivity index (χ0) is 19.8. The van der Waals surface area contributed by atoms with Gasteiger partial charge in [0.15, 0.2) is 12.7 Å². The summed E-state index contributed by atoms with van der Waals surface area (Å²) >= 11 is 5.87. The normalized spacial score (nSPS) is 11.6. The third-order valence-corrected chi connectivity index (χ3v) is 4.01. The lowest BCUT2D eigenvalue weighted by Gasteiger charge is -2.21. The molecule has 2 rings (SSSR count). The SMILES string of the molecule is CCN(Cc1cccc(F)c1)C(=O)COC(=O)C(C)Oc1cccc(Cl)c1. The largest absolute Gasteiger partial charge is 0.479 e. The van der Waals surface area contributed by atoms with E-state index >= 15 is 0 Å². The van der Waals surface area contributed by atoms with E-state index in [-0.39, 0.29) is 18.3 Å². The molecule has 0 aliphatic carbocycles. The fourth-order valence-corrected chi connectivity index (χ4v) is 2.55. The van der Waals surface area contributed by atoms with Gasteiger partial charge in [-0.15, -0.1) is 0 Å². The molecule has 144 valence electrons. The van der Waals surface area contributed by atoms with Crippen molar-refractivity contribution in [2.45, 2.75) is 26.5 Å². The van der Waals surface area contributed by atoms with E-state index in [1.54, 1.807) is 43.3 Å². The van der Waals surface area contributed by atoms with Crippen LogP contribution in [0.25, 0.3) is 0 Å². The molecule has 1 unspecified atom stereocenters. The maximum absolute atomic E-state index is 13.3. The number of hydrogen-bond donors (Lipinski definition) is 0. The first-order valence-corrected chi connectivity index (χ1v) is 8.88. The van der Waals surface area contributed by atoms with E-state index < -0.39 is 18.7 Å². The van der Waals surface area contributed by atoms with Gasteiger partial charge < -0.3 is 14.4 Å². The van der Waals surface area contributed by atoms with E-state index in [0.717, 1.165) is 0 Å². The van der Waals surface area contributed by atoms with Gasteiger partial charge in [-0.1, -0.05) is 29.8 Å². The van der Waals surface area contributed by atoms with Crippen molar-refractivity contribution < 1.29 is 23.5 Å². The van der Waals surface area contributed by atoms with Gasteiger partial charge in [0.05, 0.1) is 0 Å². The lowest BCUT2D eigenvalue weighted by Crippen LogP contribution is -2.36. The summed E-state index contributed by atoms with van der Waals surface area (Å²) in [4.78, 5) is 25.8. The molecule has 0 saturated heterocycles. The molecular formula is C20H21ClFNO4. The molecule has 0 fully saturated rings. The Morgan fingerprint density at radius 3 is 2.59 bits per heavy atom. The summed E-state index contributed by atoms with van der Waals surface area (Å²) in [7, 11) is 0. The lowest BCUT2D eigenvalue weighted by molar-refractivity contribution is -0.157. The van der Waals surface area contributed by atoms with Crippen molar-refractivity contribution in [1.29, 1.82) is 0 Å². The second kappa shape index (κ2) is 9.92. The van der Waals surface area contributed by atoms with Gasteiger partial charge in [0.1, 0.15) is 11.6 Å². The van der Waals surface area contributed by atoms with Crippen molar-refractivity contribution in [3.63, 3.8) is 0 Å². The molecule has 0 saturated carbocycles. The number of carbonyl (C=O) groups is 2. The highest BCUT2D eigenvalue weighted by atomic mass is 35.5. The van der Waals surface area contributed by atoms with Gasteiger partial charge in [-0.3, -0.25) is 4.79 Å². The van der Waals surface area contributed by atoms with Crippen molar-refractivity contribution in [1.82, 2.24) is 4.90 Å². The van der Waals surface area contributed by atoms with E-state index in [1.807, 2.05) is 0 Å². The molecule has 27 heavy (non-hydrogen) atoms. The Hall–Kier alpha value is -2.60. The van der Waals surface area contributed by atoms with Crippen LogP contribution in [0.15, 0.2) is 48.5 Å². The van der Waals surface area contributed by atoms with Gasteiger partial charge in [0.25, 0.3) is 5.91 Å². The molecular weight excluding hydrogens is 373 g/mol. The van der Waals surface area contributed by atoms with Gasteiger partial charge in [-0.05, 0) is 49.7 Å². The first kappa shape index (κ1) is 20.7. The van der Waals surface area contributed by atoms with E-state index in [2.05, 4.69) is 0 Å². The molecule has 2 aromatic rings. The van der Waals surface area contributed by atoms with Crippen molar-refractivity contribution in [3.05, 3.63) is 64.9 Å². The standard InChI is InChI=1S/C20H21ClFNO4/c1-3-23(12-15-6-4-8-17(22)10-15)19(24)13-26-20(25)14(2)27-18-9-5-7-16(21)11-18/h4-11,14H,3,12-13H2,1-2H3. The zero-order valence-electron chi connectivity index (χ0n) is 15.2. The predicted octanol–water partition coefficient (Wildman–Crippen LogP) is 3.84. The Morgan fingerprint density at radius 1 is 1.19 bits per heavy atom. The summed E-state index contributed by atoms with van der Waals surface area (Å²) in [5.41, 5.74) is 0.661. The highest BCUT2D eigenvalue weighted by Crippen LogP contribution is 2.18. The van der Waals surface area contributed by atoms with Crippen molar-refractivity contribution in [3.8, 4) is 5.75 Å². The van der Waals surface area contributed by atoms with Crippen molar-refractivity contribution in [2.75, 3.05) is 13.2 Å². The van der Waals surface area contributed by atoms with Crippen LogP contribution in [0.2, 0.25) is 5.02 Å². The summed E-state index contributed by atoms with van der Waals surface area (Å²) in [6, 6.07) is 12.6. The van der Waals surface area contributed by atoms with E-state index in [4.69, 9.17) is 21.1 Å². The molecule has 0 radical (unpaired) electrons. The number of halogens is 2. The number of amides is 1. The summed E-state index contributed by atoms with van der Waals surface area (Å²) in [6.45, 7) is 3.55. The minimum Gasteiger partial charge on any atom is -0.479 e. The fourth-order valence-electron chi connectivity index (χ4n) is 2.37. The monoisotopic (exact) mass is 393 g/mol. The van der Waals surface area contributed by atoms with Gasteiger partial charge in [0.2, 0.25) is 0 Å². The van der Waals surface area contributed by atoms with Gasteiger partial charge in [-0.2, -0.15) is 0 Å². The maximum Gasteiger partial charge on any atom is 0.347 e. The molecule has 0 spiro atoms. The van der Waals surface area contributed by atoms with E-state index in [9.17, 15) is 14.0 Å². The topological polar surface area (TPSA) is 55.8 Å². The van der Waals surface area contributed by atoms with Gasteiger partial charge >= 0.3 is 5.97 Å². The highest BCUT2D eigenvalue weighted by molar-refractivity contribution is 6.30. The predicted molar refractivity (Wildman–Crippen MR) is 100.0 cm³/mol. The van der Waals surface area contributed by atoms with Crippen LogP contribution in [0.1, 0.15) is 19.4 Å². The summed E-state index contributed by atoms with van der Waals surface area (Å²) in [5.74, 6) is -0.968. The number of ether oxygens (including phenoxy) is 2. The summed E-state index contributed by atoms with van der Waals surface area (Å²) in [5, 5.41) is 0.485. The molecule has 1 amide bonds. The van der Waals surface area contributed by atoms with Gasteiger partial charge in [-0.25, -0.2) is 9.18 Å². The minimum atomic E-state index is -0.894. The highest BCUT2D eigenvalue weighted by Gasteiger charge is 2.20. The second-order valence-electron chi connectivity index (χ2n) is 5.86. The van der Waals surface area contributed by atoms with Crippen molar-refractivity contribution in [2.24, 2.45) is 0 Å². The van der Waals surface area contributed by atoms with Crippen LogP contribution >= 0.6 is 11.6 Å². The zero-order valence-corrected chi connectivity index (χ0v) is 15.9. The van der Waals surface area contributed by atoms with Crippen LogP contribution in [0.4, 0.5) is 4.39 Å². The molecule has 0 N–H and O–H groups in total. The molecule has 0 bridgehead atoms. The third kappa shape index (κ3) is 6.57. The van der Waals surface area contributed by atoms with Crippen LogP contribution in [-0.2, 0) is 20.9 Å². The average molecular weight is 394 g/mol. The summed E-state index contributed by atoms with van der Waals surface area (Å²) < 4.78 is 23.8. The summed E-state index contributed by atoms with van der Waals surface area (Å²) in [6.07, 6.45) is -0.894. The van der Waals surface area contributed by atoms with E-state index in [1.165, 1.54) is 24.0 Å². The lowest BCUT2D eigenvalue weighted by atomic mass is 10.2. The number of benzene rings is 2. The minimum absolute atomic E-state index is 0.235. The Kier molecular flexibility index (Phi) is 7.61. The molecule has 0 aliphatic rings. The number of carbonyl (C=O) groups excluding carboxylic acids is 2. The fraction of sp³-hybridized carbons (Fsp3) is 0.300. The Morgan fingerprint density at radius 2 is 1.93 bits per heavy atom. The Balaban J connectivity index is 1.85. The number of esters is 1. The molecule has 7 heteroatoms. The van der Waals surface area contributed by atoms with Crippen LogP contribution < -0.4 is 4.74 Å². The second-order valence-corrected chi connectivity index (χ2v) is 6.30. The quantitative estimate of drug-likeness (QED) is 0.639. The average Bonchev–Trinajstić information content (AvgIpc) is 2.64. The van der Waals surface area contributed by atoms with Crippen LogP contribution in [0.5, 0.6) is 5.75 Å². The number of rotatable bonds is 8. The Labute approximate surface area is 162 Å². The molecule has 0 aliphatic heterocycles. The third-order valence-electron chi connectivity index (χ3n) is 3.78. The number of likely N-dealkylation sites (N-methyl/N-ethyl adjacent to an activating group) is 1.